The van der Waals surface area contributed by atoms with Crippen molar-refractivity contribution in [3.8, 4) is 0 Å². The van der Waals surface area contributed by atoms with E-state index >= 15 is 0 Å². The molecule has 1 aliphatic carbocycles. The molecule has 1 saturated carbocycles. The lowest BCUT2D eigenvalue weighted by molar-refractivity contribution is 0.243. The van der Waals surface area contributed by atoms with Crippen LogP contribution in [0.5, 0.6) is 0 Å². The van der Waals surface area contributed by atoms with Crippen LogP contribution in [0.3, 0.4) is 0 Å². The molecule has 0 aromatic rings. The molecule has 0 spiro atoms. The van der Waals surface area contributed by atoms with Crippen LogP contribution < -0.4 is 5.73 Å². The SMILES string of the molecule is CC1(C(N)=S)CCN(S(=O)(=O)CC2CC2)CC1. The molecule has 0 aromatic heterocycles. The Morgan fingerprint density at radius 1 is 1.41 bits per heavy atom. The normalized spacial score (nSPS) is 25.7. The Bertz CT molecular complexity index is 407. The summed E-state index contributed by atoms with van der Waals surface area (Å²) >= 11 is 5.05. The largest absolute Gasteiger partial charge is 0.393 e. The zero-order valence-electron chi connectivity index (χ0n) is 10.2. The van der Waals surface area contributed by atoms with Gasteiger partial charge in [-0.25, -0.2) is 12.7 Å². The molecule has 1 heterocycles. The van der Waals surface area contributed by atoms with E-state index in [4.69, 9.17) is 18.0 Å². The first-order valence-electron chi connectivity index (χ1n) is 6.11. The molecule has 98 valence electrons. The third kappa shape index (κ3) is 2.98. The minimum atomic E-state index is -3.05. The van der Waals surface area contributed by atoms with Gasteiger partial charge >= 0.3 is 0 Å². The molecule has 2 N–H and O–H groups in total. The Kier molecular flexibility index (Phi) is 3.49. The highest BCUT2D eigenvalue weighted by Gasteiger charge is 2.38. The quantitative estimate of drug-likeness (QED) is 0.781. The number of nitrogens with two attached hydrogens (primary N) is 1. The van der Waals surface area contributed by atoms with Gasteiger partial charge in [-0.1, -0.05) is 19.1 Å². The average Bonchev–Trinajstić information content (AvgIpc) is 3.01. The lowest BCUT2D eigenvalue weighted by atomic mass is 9.81. The van der Waals surface area contributed by atoms with Crippen LogP contribution in [-0.4, -0.2) is 36.6 Å². The van der Waals surface area contributed by atoms with Gasteiger partial charge in [-0.2, -0.15) is 0 Å². The fourth-order valence-electron chi connectivity index (χ4n) is 2.19. The summed E-state index contributed by atoms with van der Waals surface area (Å²) in [6, 6.07) is 0. The first-order chi connectivity index (χ1) is 7.83. The van der Waals surface area contributed by atoms with Crippen molar-refractivity contribution in [2.24, 2.45) is 17.1 Å². The number of rotatable bonds is 4. The molecular weight excluding hydrogens is 256 g/mol. The minimum absolute atomic E-state index is 0.166. The van der Waals surface area contributed by atoms with Crippen LogP contribution in [0.25, 0.3) is 0 Å². The number of nitrogens with zero attached hydrogens (tertiary/aromatic N) is 1. The van der Waals surface area contributed by atoms with Gasteiger partial charge in [0.15, 0.2) is 0 Å². The molecule has 0 atom stereocenters. The molecule has 2 aliphatic rings. The first-order valence-corrected chi connectivity index (χ1v) is 8.13. The second kappa shape index (κ2) is 4.48. The number of sulfonamides is 1. The van der Waals surface area contributed by atoms with Crippen LogP contribution in [0.4, 0.5) is 0 Å². The van der Waals surface area contributed by atoms with Crippen molar-refractivity contribution in [2.45, 2.75) is 32.6 Å². The minimum Gasteiger partial charge on any atom is -0.393 e. The van der Waals surface area contributed by atoms with Crippen molar-refractivity contribution in [1.82, 2.24) is 4.31 Å². The van der Waals surface area contributed by atoms with E-state index in [1.54, 1.807) is 4.31 Å². The maximum atomic E-state index is 12.1. The summed E-state index contributed by atoms with van der Waals surface area (Å²) < 4.78 is 25.8. The smallest absolute Gasteiger partial charge is 0.214 e. The summed E-state index contributed by atoms with van der Waals surface area (Å²) in [7, 11) is -3.05. The lowest BCUT2D eigenvalue weighted by Gasteiger charge is -2.38. The topological polar surface area (TPSA) is 63.4 Å². The van der Waals surface area contributed by atoms with Gasteiger partial charge in [0.1, 0.15) is 0 Å². The molecule has 0 bridgehead atoms. The van der Waals surface area contributed by atoms with Gasteiger partial charge in [0, 0.05) is 18.5 Å². The van der Waals surface area contributed by atoms with Gasteiger partial charge in [0.05, 0.1) is 10.7 Å². The highest BCUT2D eigenvalue weighted by molar-refractivity contribution is 7.89. The van der Waals surface area contributed by atoms with Gasteiger partial charge in [-0.05, 0) is 31.6 Å². The molecule has 2 fully saturated rings. The molecule has 2 rings (SSSR count). The van der Waals surface area contributed by atoms with Crippen LogP contribution in [0, 0.1) is 11.3 Å². The zero-order chi connectivity index (χ0) is 12.7. The molecule has 0 radical (unpaired) electrons. The molecule has 6 heteroatoms. The highest BCUT2D eigenvalue weighted by atomic mass is 32.2. The maximum absolute atomic E-state index is 12.1. The Labute approximate surface area is 109 Å². The Balaban J connectivity index is 1.96. The van der Waals surface area contributed by atoms with Crippen LogP contribution >= 0.6 is 12.2 Å². The van der Waals surface area contributed by atoms with E-state index < -0.39 is 10.0 Å². The van der Waals surface area contributed by atoms with E-state index in [1.807, 2.05) is 6.92 Å². The molecule has 4 nitrogen and oxygen atoms in total. The monoisotopic (exact) mass is 276 g/mol. The Morgan fingerprint density at radius 2 is 1.94 bits per heavy atom. The predicted octanol–water partition coefficient (Wildman–Crippen LogP) is 1.11. The van der Waals surface area contributed by atoms with Crippen LogP contribution in [0.1, 0.15) is 32.6 Å². The summed E-state index contributed by atoms with van der Waals surface area (Å²) in [4.78, 5) is 0.511. The Morgan fingerprint density at radius 3 is 2.35 bits per heavy atom. The lowest BCUT2D eigenvalue weighted by Crippen LogP contribution is -2.47. The van der Waals surface area contributed by atoms with Crippen LogP contribution in [-0.2, 0) is 10.0 Å². The molecule has 0 aromatic carbocycles. The third-order valence-corrected chi connectivity index (χ3v) is 6.49. The average molecular weight is 276 g/mol. The van der Waals surface area contributed by atoms with Crippen LogP contribution in [0.2, 0.25) is 0 Å². The summed E-state index contributed by atoms with van der Waals surface area (Å²) in [6.45, 7) is 3.14. The van der Waals surface area contributed by atoms with Crippen molar-refractivity contribution in [2.75, 3.05) is 18.8 Å². The molecule has 1 aliphatic heterocycles. The van der Waals surface area contributed by atoms with Gasteiger partial charge in [-0.15, -0.1) is 0 Å². The standard InChI is InChI=1S/C11H20N2O2S2/c1-11(10(12)16)4-6-13(7-5-11)17(14,15)8-9-2-3-9/h9H,2-8H2,1H3,(H2,12,16). The predicted molar refractivity (Wildman–Crippen MR) is 72.2 cm³/mol. The summed E-state index contributed by atoms with van der Waals surface area (Å²) in [5.41, 5.74) is 5.54. The first kappa shape index (κ1) is 13.2. The summed E-state index contributed by atoms with van der Waals surface area (Å²) in [6.07, 6.45) is 3.62. The third-order valence-electron chi connectivity index (χ3n) is 3.96. The maximum Gasteiger partial charge on any atom is 0.214 e. The summed E-state index contributed by atoms with van der Waals surface area (Å²) in [5, 5.41) is 0. The van der Waals surface area contributed by atoms with E-state index in [1.165, 1.54) is 0 Å². The van der Waals surface area contributed by atoms with Crippen molar-refractivity contribution >= 4 is 27.2 Å². The van der Waals surface area contributed by atoms with Crippen molar-refractivity contribution in [3.05, 3.63) is 0 Å². The molecule has 0 unspecified atom stereocenters. The van der Waals surface area contributed by atoms with E-state index in [-0.39, 0.29) is 5.41 Å². The number of hydrogen-bond donors (Lipinski definition) is 1. The second-order valence-corrected chi connectivity index (χ2v) is 8.00. The molecule has 0 amide bonds. The van der Waals surface area contributed by atoms with Crippen molar-refractivity contribution in [1.29, 1.82) is 0 Å². The fourth-order valence-corrected chi connectivity index (χ4v) is 4.27. The summed E-state index contributed by atoms with van der Waals surface area (Å²) in [5.74, 6) is 0.737. The van der Waals surface area contributed by atoms with Crippen LogP contribution in [0.15, 0.2) is 0 Å². The fraction of sp³-hybridized carbons (Fsp3) is 0.909. The molecule has 17 heavy (non-hydrogen) atoms. The van der Waals surface area contributed by atoms with E-state index in [0.717, 1.165) is 25.7 Å². The highest BCUT2D eigenvalue weighted by Crippen LogP contribution is 2.35. The number of hydrogen-bond acceptors (Lipinski definition) is 3. The van der Waals surface area contributed by atoms with Gasteiger partial charge in [-0.3, -0.25) is 0 Å². The van der Waals surface area contributed by atoms with Gasteiger partial charge in [0.2, 0.25) is 10.0 Å². The van der Waals surface area contributed by atoms with Crippen molar-refractivity contribution in [3.63, 3.8) is 0 Å². The molecular formula is C11H20N2O2S2. The number of piperidine rings is 1. The van der Waals surface area contributed by atoms with E-state index in [9.17, 15) is 8.42 Å². The zero-order valence-corrected chi connectivity index (χ0v) is 11.8. The van der Waals surface area contributed by atoms with E-state index in [2.05, 4.69) is 0 Å². The number of thiocarbonyl (C=S) groups is 1. The van der Waals surface area contributed by atoms with Gasteiger partial charge < -0.3 is 5.73 Å². The molecule has 1 saturated heterocycles. The second-order valence-electron chi connectivity index (χ2n) is 5.55. The van der Waals surface area contributed by atoms with Gasteiger partial charge in [0.25, 0.3) is 0 Å². The van der Waals surface area contributed by atoms with Crippen molar-refractivity contribution < 1.29 is 8.42 Å². The Hall–Kier alpha value is -0.200. The van der Waals surface area contributed by atoms with E-state index in [0.29, 0.717) is 29.7 Å².